The van der Waals surface area contributed by atoms with E-state index < -0.39 is 17.7 Å². The third-order valence-electron chi connectivity index (χ3n) is 3.26. The number of anilines is 1. The van der Waals surface area contributed by atoms with Gasteiger partial charge < -0.3 is 20.5 Å². The number of hydrogen-bond donors (Lipinski definition) is 3. The first-order valence-electron chi connectivity index (χ1n) is 7.88. The molecule has 0 fully saturated rings. The van der Waals surface area contributed by atoms with Crippen molar-refractivity contribution in [3.63, 3.8) is 0 Å². The average Bonchev–Trinajstić information content (AvgIpc) is 2.67. The highest BCUT2D eigenvalue weighted by atomic mass is 35.5. The molecule has 0 bridgehead atoms. The molecule has 10 heteroatoms. The van der Waals surface area contributed by atoms with Crippen LogP contribution in [0.25, 0.3) is 0 Å². The number of nitrogens with two attached hydrogens (primary N) is 1. The fourth-order valence-corrected chi connectivity index (χ4v) is 2.15. The Morgan fingerprint density at radius 3 is 2.50 bits per heavy atom. The summed E-state index contributed by atoms with van der Waals surface area (Å²) < 4.78 is 10.2. The SMILES string of the molecule is COc1ccc(Cl)cc1NC(=O)C(=O)N/N=C/c1ccc(OCC(N)=O)cc1. The zero-order valence-corrected chi connectivity index (χ0v) is 15.5. The molecule has 3 amide bonds. The van der Waals surface area contributed by atoms with Crippen LogP contribution in [-0.2, 0) is 14.4 Å². The lowest BCUT2D eigenvalue weighted by Crippen LogP contribution is -2.32. The van der Waals surface area contributed by atoms with Gasteiger partial charge in [-0.1, -0.05) is 11.6 Å². The quantitative estimate of drug-likeness (QED) is 0.363. The van der Waals surface area contributed by atoms with Gasteiger partial charge in [0, 0.05) is 5.02 Å². The van der Waals surface area contributed by atoms with E-state index in [-0.39, 0.29) is 12.3 Å². The van der Waals surface area contributed by atoms with E-state index in [1.54, 1.807) is 36.4 Å². The number of hydrazone groups is 1. The lowest BCUT2D eigenvalue weighted by atomic mass is 10.2. The maximum Gasteiger partial charge on any atom is 0.329 e. The molecule has 0 unspecified atom stereocenters. The van der Waals surface area contributed by atoms with E-state index in [1.807, 2.05) is 0 Å². The molecule has 0 aliphatic rings. The molecule has 2 rings (SSSR count). The van der Waals surface area contributed by atoms with E-state index in [9.17, 15) is 14.4 Å². The fourth-order valence-electron chi connectivity index (χ4n) is 1.98. The second-order valence-electron chi connectivity index (χ2n) is 5.32. The van der Waals surface area contributed by atoms with Crippen molar-refractivity contribution < 1.29 is 23.9 Å². The van der Waals surface area contributed by atoms with Gasteiger partial charge >= 0.3 is 11.8 Å². The number of carbonyl (C=O) groups excluding carboxylic acids is 3. The molecular weight excluding hydrogens is 388 g/mol. The molecule has 0 aliphatic heterocycles. The van der Waals surface area contributed by atoms with Crippen LogP contribution in [-0.4, -0.2) is 37.7 Å². The van der Waals surface area contributed by atoms with Crippen LogP contribution in [0, 0.1) is 0 Å². The van der Waals surface area contributed by atoms with Gasteiger partial charge in [0.1, 0.15) is 11.5 Å². The Kier molecular flexibility index (Phi) is 7.35. The Balaban J connectivity index is 1.90. The number of ether oxygens (including phenoxy) is 2. The van der Waals surface area contributed by atoms with E-state index in [1.165, 1.54) is 19.4 Å². The summed E-state index contributed by atoms with van der Waals surface area (Å²) in [6, 6.07) is 11.1. The Morgan fingerprint density at radius 1 is 1.14 bits per heavy atom. The number of primary amides is 1. The normalized spacial score (nSPS) is 10.4. The first-order chi connectivity index (χ1) is 13.4. The summed E-state index contributed by atoms with van der Waals surface area (Å²) in [4.78, 5) is 34.5. The van der Waals surface area contributed by atoms with Crippen LogP contribution < -0.4 is 25.9 Å². The second kappa shape index (κ2) is 9.93. The molecule has 0 aliphatic carbocycles. The highest BCUT2D eigenvalue weighted by molar-refractivity contribution is 6.40. The predicted molar refractivity (Wildman–Crippen MR) is 104 cm³/mol. The van der Waals surface area contributed by atoms with Gasteiger partial charge in [0.2, 0.25) is 0 Å². The number of halogens is 1. The Labute approximate surface area is 165 Å². The molecule has 0 saturated heterocycles. The van der Waals surface area contributed by atoms with Gasteiger partial charge in [-0.2, -0.15) is 5.10 Å². The van der Waals surface area contributed by atoms with Crippen LogP contribution in [0.3, 0.4) is 0 Å². The zero-order chi connectivity index (χ0) is 20.5. The summed E-state index contributed by atoms with van der Waals surface area (Å²) in [5.74, 6) is -1.68. The number of methoxy groups -OCH3 is 1. The minimum absolute atomic E-state index is 0.226. The maximum absolute atomic E-state index is 12.0. The van der Waals surface area contributed by atoms with Crippen molar-refractivity contribution in [1.29, 1.82) is 0 Å². The van der Waals surface area contributed by atoms with Gasteiger partial charge in [-0.15, -0.1) is 0 Å². The summed E-state index contributed by atoms with van der Waals surface area (Å²) in [5, 5.41) is 6.48. The Morgan fingerprint density at radius 2 is 1.86 bits per heavy atom. The van der Waals surface area contributed by atoms with Crippen molar-refractivity contribution in [2.75, 3.05) is 19.0 Å². The minimum Gasteiger partial charge on any atom is -0.495 e. The molecule has 2 aromatic rings. The number of carbonyl (C=O) groups is 3. The third kappa shape index (κ3) is 6.29. The van der Waals surface area contributed by atoms with E-state index in [2.05, 4.69) is 15.8 Å². The summed E-state index contributed by atoms with van der Waals surface area (Å²) in [5.41, 5.74) is 7.98. The molecule has 0 radical (unpaired) electrons. The van der Waals surface area contributed by atoms with Crippen molar-refractivity contribution >= 4 is 41.2 Å². The first-order valence-corrected chi connectivity index (χ1v) is 8.26. The van der Waals surface area contributed by atoms with Crippen LogP contribution in [0.15, 0.2) is 47.6 Å². The fraction of sp³-hybridized carbons (Fsp3) is 0.111. The number of benzene rings is 2. The van der Waals surface area contributed by atoms with Crippen molar-refractivity contribution in [2.45, 2.75) is 0 Å². The maximum atomic E-state index is 12.0. The summed E-state index contributed by atoms with van der Waals surface area (Å²) in [7, 11) is 1.42. The first kappa shape index (κ1) is 20.7. The van der Waals surface area contributed by atoms with Crippen molar-refractivity contribution in [3.05, 3.63) is 53.1 Å². The molecule has 28 heavy (non-hydrogen) atoms. The molecule has 146 valence electrons. The highest BCUT2D eigenvalue weighted by Crippen LogP contribution is 2.27. The van der Waals surface area contributed by atoms with Gasteiger partial charge in [0.25, 0.3) is 5.91 Å². The number of nitrogens with zero attached hydrogens (tertiary/aromatic N) is 1. The number of nitrogens with one attached hydrogen (secondary N) is 2. The van der Waals surface area contributed by atoms with Crippen molar-refractivity contribution in [3.8, 4) is 11.5 Å². The topological polar surface area (TPSA) is 132 Å². The minimum atomic E-state index is -0.973. The second-order valence-corrected chi connectivity index (χ2v) is 5.76. The molecule has 2 aromatic carbocycles. The molecule has 0 spiro atoms. The lowest BCUT2D eigenvalue weighted by Gasteiger charge is -2.09. The summed E-state index contributed by atoms with van der Waals surface area (Å²) >= 11 is 5.87. The van der Waals surface area contributed by atoms with E-state index in [0.29, 0.717) is 22.1 Å². The smallest absolute Gasteiger partial charge is 0.329 e. The average molecular weight is 405 g/mol. The van der Waals surface area contributed by atoms with Crippen molar-refractivity contribution in [2.24, 2.45) is 10.8 Å². The standard InChI is InChI=1S/C18H17ClN4O5/c1-27-15-7-4-12(19)8-14(15)22-17(25)18(26)23-21-9-11-2-5-13(6-3-11)28-10-16(20)24/h2-9H,10H2,1H3,(H2,20,24)(H,22,25)(H,23,26)/b21-9+. The number of amides is 3. The van der Waals surface area contributed by atoms with Gasteiger partial charge in [-0.05, 0) is 48.0 Å². The molecule has 9 nitrogen and oxygen atoms in total. The lowest BCUT2D eigenvalue weighted by molar-refractivity contribution is -0.136. The third-order valence-corrected chi connectivity index (χ3v) is 3.49. The van der Waals surface area contributed by atoms with Crippen LogP contribution in [0.1, 0.15) is 5.56 Å². The van der Waals surface area contributed by atoms with Crippen LogP contribution in [0.4, 0.5) is 5.69 Å². The zero-order valence-electron chi connectivity index (χ0n) is 14.8. The Hall–Kier alpha value is -3.59. The van der Waals surface area contributed by atoms with E-state index >= 15 is 0 Å². The van der Waals surface area contributed by atoms with Crippen LogP contribution in [0.5, 0.6) is 11.5 Å². The van der Waals surface area contributed by atoms with Crippen molar-refractivity contribution in [1.82, 2.24) is 5.43 Å². The van der Waals surface area contributed by atoms with Gasteiger partial charge in [0.05, 0.1) is 19.0 Å². The van der Waals surface area contributed by atoms with Crippen LogP contribution >= 0.6 is 11.6 Å². The largest absolute Gasteiger partial charge is 0.495 e. The predicted octanol–water partition coefficient (Wildman–Crippen LogP) is 1.30. The van der Waals surface area contributed by atoms with Gasteiger partial charge in [-0.3, -0.25) is 14.4 Å². The molecule has 4 N–H and O–H groups in total. The van der Waals surface area contributed by atoms with E-state index in [0.717, 1.165) is 0 Å². The molecule has 0 aromatic heterocycles. The van der Waals surface area contributed by atoms with E-state index in [4.69, 9.17) is 26.8 Å². The van der Waals surface area contributed by atoms with Gasteiger partial charge in [0.15, 0.2) is 6.61 Å². The molecular formula is C18H17ClN4O5. The monoisotopic (exact) mass is 404 g/mol. The van der Waals surface area contributed by atoms with Crippen LogP contribution in [0.2, 0.25) is 5.02 Å². The summed E-state index contributed by atoms with van der Waals surface area (Å²) in [6.07, 6.45) is 1.34. The highest BCUT2D eigenvalue weighted by Gasteiger charge is 2.15. The summed E-state index contributed by atoms with van der Waals surface area (Å²) in [6.45, 7) is -0.226. The molecule has 0 heterocycles. The molecule has 0 atom stereocenters. The molecule has 0 saturated carbocycles. The number of rotatable bonds is 7. The Bertz CT molecular complexity index is 899. The number of hydrogen-bond acceptors (Lipinski definition) is 6. The van der Waals surface area contributed by atoms with Gasteiger partial charge in [-0.25, -0.2) is 5.43 Å².